The molecular formula is C17H17NOS2. The molecule has 5 atom stereocenters. The number of fused-ring (bicyclic) bond motifs is 6. The van der Waals surface area contributed by atoms with Crippen LogP contribution < -0.4 is 4.87 Å². The number of hydrogen-bond donors (Lipinski definition) is 1. The van der Waals surface area contributed by atoms with E-state index in [0.717, 1.165) is 22.8 Å². The number of thioether (sulfide) groups is 1. The fraction of sp³-hybridized carbons (Fsp3) is 0.471. The lowest BCUT2D eigenvalue weighted by atomic mass is 9.75. The van der Waals surface area contributed by atoms with E-state index < -0.39 is 0 Å². The van der Waals surface area contributed by atoms with Gasteiger partial charge in [-0.25, -0.2) is 0 Å². The minimum Gasteiger partial charge on any atom is -0.307 e. The first-order valence-corrected chi connectivity index (χ1v) is 9.45. The van der Waals surface area contributed by atoms with Crippen molar-refractivity contribution < 1.29 is 0 Å². The van der Waals surface area contributed by atoms with Crippen LogP contribution in [-0.4, -0.2) is 10.2 Å². The zero-order valence-electron chi connectivity index (χ0n) is 11.6. The Labute approximate surface area is 132 Å². The monoisotopic (exact) mass is 315 g/mol. The van der Waals surface area contributed by atoms with Gasteiger partial charge in [0.1, 0.15) is 0 Å². The van der Waals surface area contributed by atoms with E-state index in [9.17, 15) is 4.79 Å². The second-order valence-electron chi connectivity index (χ2n) is 6.59. The molecule has 2 aromatic rings. The van der Waals surface area contributed by atoms with Crippen LogP contribution in [0.4, 0.5) is 0 Å². The van der Waals surface area contributed by atoms with Gasteiger partial charge in [-0.05, 0) is 42.6 Å². The fourth-order valence-electron chi connectivity index (χ4n) is 4.88. The Balaban J connectivity index is 1.70. The molecule has 2 heterocycles. The van der Waals surface area contributed by atoms with E-state index in [1.165, 1.54) is 41.0 Å². The molecule has 0 saturated heterocycles. The van der Waals surface area contributed by atoms with Gasteiger partial charge in [-0.15, -0.1) is 11.8 Å². The Bertz CT molecular complexity index is 735. The van der Waals surface area contributed by atoms with Crippen LogP contribution in [0.25, 0.3) is 0 Å². The van der Waals surface area contributed by atoms with Crippen molar-refractivity contribution >= 4 is 23.1 Å². The maximum absolute atomic E-state index is 11.9. The van der Waals surface area contributed by atoms with Crippen LogP contribution in [0.1, 0.15) is 35.6 Å². The molecule has 2 bridgehead atoms. The van der Waals surface area contributed by atoms with Gasteiger partial charge in [0.15, 0.2) is 0 Å². The summed E-state index contributed by atoms with van der Waals surface area (Å²) in [6, 6.07) is 10.8. The minimum absolute atomic E-state index is 0.112. The smallest absolute Gasteiger partial charge is 0.305 e. The van der Waals surface area contributed by atoms with Gasteiger partial charge in [0.05, 0.1) is 5.03 Å². The zero-order chi connectivity index (χ0) is 14.0. The van der Waals surface area contributed by atoms with Crippen molar-refractivity contribution in [2.75, 3.05) is 0 Å². The number of H-pyrrole nitrogens is 1. The Morgan fingerprint density at radius 2 is 1.90 bits per heavy atom. The summed E-state index contributed by atoms with van der Waals surface area (Å²) in [7, 11) is 0. The van der Waals surface area contributed by atoms with Crippen LogP contribution in [0, 0.1) is 17.8 Å². The zero-order valence-corrected chi connectivity index (χ0v) is 13.3. The number of benzene rings is 1. The summed E-state index contributed by atoms with van der Waals surface area (Å²) >= 11 is 3.40. The average Bonchev–Trinajstić information content (AvgIpc) is 3.18. The molecule has 108 valence electrons. The minimum atomic E-state index is 0.112. The van der Waals surface area contributed by atoms with Gasteiger partial charge in [-0.3, -0.25) is 4.79 Å². The van der Waals surface area contributed by atoms with Gasteiger partial charge in [-0.2, -0.15) is 0 Å². The molecule has 2 saturated carbocycles. The van der Waals surface area contributed by atoms with Crippen molar-refractivity contribution in [3.63, 3.8) is 0 Å². The lowest BCUT2D eigenvalue weighted by Crippen LogP contribution is -2.33. The summed E-state index contributed by atoms with van der Waals surface area (Å²) < 4.78 is 0. The lowest BCUT2D eigenvalue weighted by molar-refractivity contribution is 0.307. The normalized spacial score (nSPS) is 36.5. The number of aromatic amines is 1. The van der Waals surface area contributed by atoms with Gasteiger partial charge >= 0.3 is 4.87 Å². The summed E-state index contributed by atoms with van der Waals surface area (Å²) in [6.45, 7) is 0. The van der Waals surface area contributed by atoms with Gasteiger partial charge in [0.2, 0.25) is 0 Å². The molecule has 1 N–H and O–H groups in total. The number of rotatable bonds is 1. The van der Waals surface area contributed by atoms with Gasteiger partial charge < -0.3 is 4.98 Å². The van der Waals surface area contributed by atoms with Gasteiger partial charge in [-0.1, -0.05) is 41.7 Å². The Hall–Kier alpha value is -1.00. The number of hydrogen-bond acceptors (Lipinski definition) is 3. The third kappa shape index (κ3) is 1.75. The van der Waals surface area contributed by atoms with E-state index in [-0.39, 0.29) is 4.87 Å². The van der Waals surface area contributed by atoms with Crippen LogP contribution in [0.5, 0.6) is 0 Å². The standard InChI is InChI=1S/C17H17NOS2/c19-17-18-16-15(21-17)12(9-4-2-1-3-5-9)13-10-6-7-11(8-10)14(13)20-16/h1-5,10-14H,6-8H2,(H,18,19)/t10-,11-,12+,13+,14-/m1/s1. The third-order valence-corrected chi connectivity index (χ3v) is 8.25. The molecule has 2 nitrogen and oxygen atoms in total. The first kappa shape index (κ1) is 12.5. The molecule has 1 aliphatic heterocycles. The third-order valence-electron chi connectivity index (χ3n) is 5.62. The molecular weight excluding hydrogens is 298 g/mol. The van der Waals surface area contributed by atoms with Gasteiger partial charge in [0.25, 0.3) is 0 Å². The highest BCUT2D eigenvalue weighted by Crippen LogP contribution is 2.63. The maximum Gasteiger partial charge on any atom is 0.305 e. The van der Waals surface area contributed by atoms with E-state index in [1.54, 1.807) is 0 Å². The fourth-order valence-corrected chi connectivity index (χ4v) is 7.78. The maximum atomic E-state index is 11.9. The Morgan fingerprint density at radius 3 is 2.76 bits per heavy atom. The summed E-state index contributed by atoms with van der Waals surface area (Å²) in [6.07, 6.45) is 4.19. The van der Waals surface area contributed by atoms with E-state index in [0.29, 0.717) is 11.2 Å². The second kappa shape index (κ2) is 4.50. The molecule has 5 rings (SSSR count). The predicted octanol–water partition coefficient (Wildman–Crippen LogP) is 4.09. The molecule has 0 radical (unpaired) electrons. The van der Waals surface area contributed by atoms with Crippen molar-refractivity contribution in [3.8, 4) is 0 Å². The van der Waals surface area contributed by atoms with Gasteiger partial charge in [0, 0.05) is 16.0 Å². The molecule has 0 spiro atoms. The molecule has 21 heavy (non-hydrogen) atoms. The first-order valence-electron chi connectivity index (χ1n) is 7.76. The topological polar surface area (TPSA) is 32.9 Å². The van der Waals surface area contributed by atoms with E-state index in [2.05, 4.69) is 35.3 Å². The summed E-state index contributed by atoms with van der Waals surface area (Å²) in [5, 5.41) is 1.87. The molecule has 0 unspecified atom stereocenters. The van der Waals surface area contributed by atoms with E-state index in [1.807, 2.05) is 11.8 Å². The Kier molecular flexibility index (Phi) is 2.68. The summed E-state index contributed by atoms with van der Waals surface area (Å²) in [5.41, 5.74) is 1.40. The van der Waals surface area contributed by atoms with Crippen LogP contribution in [0.2, 0.25) is 0 Å². The van der Waals surface area contributed by atoms with Crippen LogP contribution in [0.15, 0.2) is 40.2 Å². The van der Waals surface area contributed by atoms with Crippen molar-refractivity contribution in [3.05, 3.63) is 50.4 Å². The second-order valence-corrected chi connectivity index (χ2v) is 8.79. The highest BCUT2D eigenvalue weighted by molar-refractivity contribution is 8.00. The molecule has 2 aliphatic carbocycles. The van der Waals surface area contributed by atoms with Crippen LogP contribution >= 0.6 is 23.1 Å². The highest BCUT2D eigenvalue weighted by atomic mass is 32.2. The molecule has 1 aromatic heterocycles. The highest BCUT2D eigenvalue weighted by Gasteiger charge is 2.54. The molecule has 0 amide bonds. The molecule has 1 aromatic carbocycles. The quantitative estimate of drug-likeness (QED) is 0.860. The first-order chi connectivity index (χ1) is 10.3. The number of nitrogens with one attached hydrogen (secondary N) is 1. The van der Waals surface area contributed by atoms with Crippen molar-refractivity contribution in [1.29, 1.82) is 0 Å². The molecule has 2 fully saturated rings. The van der Waals surface area contributed by atoms with E-state index in [4.69, 9.17) is 0 Å². The van der Waals surface area contributed by atoms with Crippen LogP contribution in [0.3, 0.4) is 0 Å². The number of thiazole rings is 1. The van der Waals surface area contributed by atoms with Crippen molar-refractivity contribution in [1.82, 2.24) is 4.98 Å². The van der Waals surface area contributed by atoms with Crippen molar-refractivity contribution in [2.45, 2.75) is 35.5 Å². The summed E-state index contributed by atoms with van der Waals surface area (Å²) in [4.78, 5) is 16.4. The largest absolute Gasteiger partial charge is 0.307 e. The average molecular weight is 315 g/mol. The molecule has 4 heteroatoms. The molecule has 3 aliphatic rings. The van der Waals surface area contributed by atoms with Crippen molar-refractivity contribution in [2.24, 2.45) is 17.8 Å². The SMILES string of the molecule is O=c1[nH]c2c(s1)[C@@H](c1ccccc1)[C@@H]1[C@@H]3CC[C@H](C3)[C@H]1S2. The Morgan fingerprint density at radius 1 is 1.10 bits per heavy atom. The lowest BCUT2D eigenvalue weighted by Gasteiger charge is -2.40. The number of aromatic nitrogens is 1. The summed E-state index contributed by atoms with van der Waals surface area (Å²) in [5.74, 6) is 2.90. The predicted molar refractivity (Wildman–Crippen MR) is 87.2 cm³/mol. The van der Waals surface area contributed by atoms with Crippen LogP contribution in [-0.2, 0) is 0 Å². The van der Waals surface area contributed by atoms with E-state index >= 15 is 0 Å².